The van der Waals surface area contributed by atoms with Gasteiger partial charge in [0.15, 0.2) is 0 Å². The summed E-state index contributed by atoms with van der Waals surface area (Å²) >= 11 is 12.4. The van der Waals surface area contributed by atoms with Gasteiger partial charge in [0.1, 0.15) is 0 Å². The highest BCUT2D eigenvalue weighted by atomic mass is 35.5. The molecule has 3 nitrogen and oxygen atoms in total. The molecular formula is C17H24Cl2N2O. The van der Waals surface area contributed by atoms with Crippen LogP contribution in [0.3, 0.4) is 0 Å². The van der Waals surface area contributed by atoms with E-state index in [0.29, 0.717) is 22.7 Å². The van der Waals surface area contributed by atoms with Crippen LogP contribution in [0.25, 0.3) is 0 Å². The van der Waals surface area contributed by atoms with E-state index in [1.807, 2.05) is 18.2 Å². The summed E-state index contributed by atoms with van der Waals surface area (Å²) in [4.78, 5) is 4.86. The minimum atomic E-state index is 0.0849. The predicted octanol–water partition coefficient (Wildman–Crippen LogP) is 3.27. The third-order valence-electron chi connectivity index (χ3n) is 5.52. The number of halogens is 2. The molecule has 0 spiro atoms. The maximum absolute atomic E-state index is 9.97. The molecule has 2 aliphatic rings. The first-order valence-corrected chi connectivity index (χ1v) is 8.78. The zero-order chi connectivity index (χ0) is 15.7. The molecule has 1 aromatic rings. The summed E-state index contributed by atoms with van der Waals surface area (Å²) in [5, 5.41) is 11.3. The first-order chi connectivity index (χ1) is 10.6. The molecule has 2 aliphatic heterocycles. The SMILES string of the molecule is CN1CCC[C@]2(CO)CCN(Cc3cccc(Cl)c3Cl)C[C@@H]12. The number of nitrogens with zero attached hydrogens (tertiary/aromatic N) is 2. The van der Waals surface area contributed by atoms with Crippen LogP contribution in [0.2, 0.25) is 10.0 Å². The number of hydrogen-bond acceptors (Lipinski definition) is 3. The second-order valence-corrected chi connectivity index (χ2v) is 7.60. The van der Waals surface area contributed by atoms with Crippen molar-refractivity contribution in [2.24, 2.45) is 5.41 Å². The van der Waals surface area contributed by atoms with Gasteiger partial charge in [-0.15, -0.1) is 0 Å². The van der Waals surface area contributed by atoms with Gasteiger partial charge < -0.3 is 10.0 Å². The molecule has 0 amide bonds. The largest absolute Gasteiger partial charge is 0.396 e. The molecule has 0 aromatic heterocycles. The molecule has 0 radical (unpaired) electrons. The fraction of sp³-hybridized carbons (Fsp3) is 0.647. The highest BCUT2D eigenvalue weighted by molar-refractivity contribution is 6.42. The number of aliphatic hydroxyl groups excluding tert-OH is 1. The first kappa shape index (κ1) is 16.5. The lowest BCUT2D eigenvalue weighted by Crippen LogP contribution is -2.61. The van der Waals surface area contributed by atoms with Gasteiger partial charge >= 0.3 is 0 Å². The Morgan fingerprint density at radius 3 is 2.86 bits per heavy atom. The molecule has 2 saturated heterocycles. The third-order valence-corrected chi connectivity index (χ3v) is 6.38. The van der Waals surface area contributed by atoms with Crippen molar-refractivity contribution >= 4 is 23.2 Å². The second kappa shape index (κ2) is 6.66. The van der Waals surface area contributed by atoms with Crippen LogP contribution in [0.1, 0.15) is 24.8 Å². The highest BCUT2D eigenvalue weighted by Gasteiger charge is 2.46. The monoisotopic (exact) mass is 342 g/mol. The van der Waals surface area contributed by atoms with E-state index >= 15 is 0 Å². The van der Waals surface area contributed by atoms with Crippen LogP contribution in [0.4, 0.5) is 0 Å². The number of likely N-dealkylation sites (tertiary alicyclic amines) is 2. The second-order valence-electron chi connectivity index (χ2n) is 6.82. The zero-order valence-corrected chi connectivity index (χ0v) is 14.6. The molecule has 1 aromatic carbocycles. The Hall–Kier alpha value is -0.320. The quantitative estimate of drug-likeness (QED) is 0.913. The van der Waals surface area contributed by atoms with E-state index in [1.165, 1.54) is 6.42 Å². The summed E-state index contributed by atoms with van der Waals surface area (Å²) in [6, 6.07) is 6.26. The van der Waals surface area contributed by atoms with E-state index in [1.54, 1.807) is 0 Å². The number of hydrogen-bond donors (Lipinski definition) is 1. The van der Waals surface area contributed by atoms with E-state index in [-0.39, 0.29) is 5.41 Å². The number of piperidine rings is 2. The van der Waals surface area contributed by atoms with Gasteiger partial charge in [-0.1, -0.05) is 35.3 Å². The number of rotatable bonds is 3. The van der Waals surface area contributed by atoms with Gasteiger partial charge in [0, 0.05) is 24.5 Å². The zero-order valence-electron chi connectivity index (χ0n) is 13.1. The fourth-order valence-electron chi connectivity index (χ4n) is 4.13. The van der Waals surface area contributed by atoms with E-state index in [9.17, 15) is 5.11 Å². The van der Waals surface area contributed by atoms with E-state index in [2.05, 4.69) is 16.8 Å². The van der Waals surface area contributed by atoms with Gasteiger partial charge in [-0.3, -0.25) is 4.90 Å². The molecule has 0 aliphatic carbocycles. The smallest absolute Gasteiger partial charge is 0.0637 e. The number of likely N-dealkylation sites (N-methyl/N-ethyl adjacent to an activating group) is 1. The van der Waals surface area contributed by atoms with Crippen molar-refractivity contribution in [3.8, 4) is 0 Å². The summed E-state index contributed by atoms with van der Waals surface area (Å²) in [7, 11) is 2.18. The van der Waals surface area contributed by atoms with E-state index in [4.69, 9.17) is 23.2 Å². The summed E-state index contributed by atoms with van der Waals surface area (Å²) in [6.45, 7) is 4.24. The lowest BCUT2D eigenvalue weighted by atomic mass is 9.69. The first-order valence-electron chi connectivity index (χ1n) is 8.02. The van der Waals surface area contributed by atoms with Crippen molar-refractivity contribution in [3.05, 3.63) is 33.8 Å². The molecule has 2 fully saturated rings. The molecule has 22 heavy (non-hydrogen) atoms. The van der Waals surface area contributed by atoms with E-state index in [0.717, 1.165) is 44.6 Å². The van der Waals surface area contributed by atoms with Gasteiger partial charge in [-0.05, 0) is 51.0 Å². The van der Waals surface area contributed by atoms with Gasteiger partial charge in [-0.25, -0.2) is 0 Å². The molecule has 0 bridgehead atoms. The maximum Gasteiger partial charge on any atom is 0.0637 e. The van der Waals surface area contributed by atoms with Crippen molar-refractivity contribution in [3.63, 3.8) is 0 Å². The van der Waals surface area contributed by atoms with Crippen LogP contribution in [0.15, 0.2) is 18.2 Å². The Morgan fingerprint density at radius 1 is 1.27 bits per heavy atom. The minimum absolute atomic E-state index is 0.0849. The third kappa shape index (κ3) is 3.02. The Kier molecular flexibility index (Phi) is 5.01. The van der Waals surface area contributed by atoms with Crippen LogP contribution in [0.5, 0.6) is 0 Å². The van der Waals surface area contributed by atoms with Gasteiger partial charge in [0.2, 0.25) is 0 Å². The Balaban J connectivity index is 1.74. The Morgan fingerprint density at radius 2 is 2.09 bits per heavy atom. The van der Waals surface area contributed by atoms with Crippen molar-refractivity contribution in [1.82, 2.24) is 9.80 Å². The number of aliphatic hydroxyl groups is 1. The van der Waals surface area contributed by atoms with Gasteiger partial charge in [0.25, 0.3) is 0 Å². The topological polar surface area (TPSA) is 26.7 Å². The Labute approximate surface area is 142 Å². The van der Waals surface area contributed by atoms with Crippen LogP contribution < -0.4 is 0 Å². The fourth-order valence-corrected chi connectivity index (χ4v) is 4.51. The maximum atomic E-state index is 9.97. The molecule has 0 saturated carbocycles. The lowest BCUT2D eigenvalue weighted by molar-refractivity contribution is -0.0684. The average Bonchev–Trinajstić information content (AvgIpc) is 2.53. The van der Waals surface area contributed by atoms with Crippen LogP contribution in [-0.2, 0) is 6.54 Å². The molecule has 2 atom stereocenters. The van der Waals surface area contributed by atoms with Crippen molar-refractivity contribution in [2.45, 2.75) is 31.8 Å². The van der Waals surface area contributed by atoms with Crippen LogP contribution in [0, 0.1) is 5.41 Å². The molecule has 122 valence electrons. The number of fused-ring (bicyclic) bond motifs is 1. The molecule has 0 unspecified atom stereocenters. The van der Waals surface area contributed by atoms with Gasteiger partial charge in [-0.2, -0.15) is 0 Å². The molecule has 2 heterocycles. The number of benzene rings is 1. The van der Waals surface area contributed by atoms with Crippen molar-refractivity contribution in [1.29, 1.82) is 0 Å². The summed E-state index contributed by atoms with van der Waals surface area (Å²) in [5.41, 5.74) is 1.17. The van der Waals surface area contributed by atoms with Crippen LogP contribution in [-0.4, -0.2) is 54.2 Å². The lowest BCUT2D eigenvalue weighted by Gasteiger charge is -2.53. The summed E-state index contributed by atoms with van der Waals surface area (Å²) in [5.74, 6) is 0. The average molecular weight is 343 g/mol. The predicted molar refractivity (Wildman–Crippen MR) is 91.5 cm³/mol. The Bertz CT molecular complexity index is 539. The van der Waals surface area contributed by atoms with Crippen molar-refractivity contribution in [2.75, 3.05) is 33.3 Å². The summed E-state index contributed by atoms with van der Waals surface area (Å²) in [6.07, 6.45) is 3.38. The summed E-state index contributed by atoms with van der Waals surface area (Å²) < 4.78 is 0. The molecular weight excluding hydrogens is 319 g/mol. The highest BCUT2D eigenvalue weighted by Crippen LogP contribution is 2.42. The molecule has 1 N–H and O–H groups in total. The minimum Gasteiger partial charge on any atom is -0.396 e. The normalized spacial score (nSPS) is 30.3. The molecule has 3 rings (SSSR count). The molecule has 5 heteroatoms. The standard InChI is InChI=1S/C17H24Cl2N2O/c1-20-8-3-6-17(12-22)7-9-21(11-15(17)20)10-13-4-2-5-14(18)16(13)19/h2,4-5,15,22H,3,6-12H2,1H3/t15-,17-/m1/s1. The van der Waals surface area contributed by atoms with Crippen molar-refractivity contribution < 1.29 is 5.11 Å². The van der Waals surface area contributed by atoms with Gasteiger partial charge in [0.05, 0.1) is 16.7 Å². The van der Waals surface area contributed by atoms with Crippen LogP contribution >= 0.6 is 23.2 Å². The van der Waals surface area contributed by atoms with E-state index < -0.39 is 0 Å².